The van der Waals surface area contributed by atoms with Crippen LogP contribution in [-0.4, -0.2) is 23.1 Å². The van der Waals surface area contributed by atoms with E-state index >= 15 is 0 Å². The van der Waals surface area contributed by atoms with E-state index in [-0.39, 0.29) is 17.9 Å². The van der Waals surface area contributed by atoms with Crippen LogP contribution in [0.4, 0.5) is 5.69 Å². The van der Waals surface area contributed by atoms with Crippen molar-refractivity contribution in [3.63, 3.8) is 0 Å². The first-order valence-electron chi connectivity index (χ1n) is 4.07. The lowest BCUT2D eigenvalue weighted by atomic mass is 10.1. The molecule has 0 aliphatic carbocycles. The van der Waals surface area contributed by atoms with Gasteiger partial charge in [-0.25, -0.2) is 0 Å². The van der Waals surface area contributed by atoms with Crippen LogP contribution in [0.1, 0.15) is 5.56 Å². The number of nitro groups is 1. The molecule has 0 bridgehead atoms. The smallest absolute Gasteiger partial charge is 0.309 e. The van der Waals surface area contributed by atoms with Crippen LogP contribution in [0.2, 0.25) is 0 Å². The Morgan fingerprint density at radius 1 is 1.53 bits per heavy atom. The summed E-state index contributed by atoms with van der Waals surface area (Å²) in [6.45, 7) is 0. The molecule has 1 aromatic carbocycles. The Balaban J connectivity index is 2.98. The maximum Gasteiger partial charge on any atom is 0.309 e. The number of nitro benzene ring substituents is 1. The molecular weight excluding hydrogens is 202 g/mol. The molecule has 0 amide bonds. The Labute approximate surface area is 85.2 Å². The van der Waals surface area contributed by atoms with Crippen LogP contribution in [0.3, 0.4) is 0 Å². The molecule has 0 aliphatic rings. The van der Waals surface area contributed by atoms with Crippen molar-refractivity contribution < 1.29 is 19.6 Å². The van der Waals surface area contributed by atoms with Crippen molar-refractivity contribution in [3.05, 3.63) is 33.9 Å². The Kier molecular flexibility index (Phi) is 3.22. The van der Waals surface area contributed by atoms with E-state index < -0.39 is 10.9 Å². The average Bonchev–Trinajstić information content (AvgIpc) is 2.16. The predicted molar refractivity (Wildman–Crippen MR) is 50.5 cm³/mol. The van der Waals surface area contributed by atoms with Gasteiger partial charge in [0.1, 0.15) is 5.75 Å². The second-order valence-electron chi connectivity index (χ2n) is 2.87. The molecule has 1 N–H and O–H groups in total. The highest BCUT2D eigenvalue weighted by Crippen LogP contribution is 2.21. The molecule has 6 heteroatoms. The van der Waals surface area contributed by atoms with Gasteiger partial charge in [0.15, 0.2) is 0 Å². The van der Waals surface area contributed by atoms with Crippen LogP contribution in [-0.2, 0) is 16.0 Å². The van der Waals surface area contributed by atoms with E-state index in [4.69, 9.17) is 0 Å². The van der Waals surface area contributed by atoms with Gasteiger partial charge in [-0.1, -0.05) is 0 Å². The lowest BCUT2D eigenvalue weighted by Gasteiger charge is -2.01. The molecule has 1 rings (SSSR count). The quantitative estimate of drug-likeness (QED) is 0.458. The van der Waals surface area contributed by atoms with E-state index in [9.17, 15) is 20.0 Å². The molecule has 0 saturated carbocycles. The summed E-state index contributed by atoms with van der Waals surface area (Å²) in [6, 6.07) is 3.52. The summed E-state index contributed by atoms with van der Waals surface area (Å²) in [7, 11) is 1.22. The van der Waals surface area contributed by atoms with E-state index in [0.29, 0.717) is 5.56 Å². The minimum absolute atomic E-state index is 0.105. The van der Waals surface area contributed by atoms with Gasteiger partial charge in [-0.3, -0.25) is 14.9 Å². The number of ether oxygens (including phenoxy) is 1. The lowest BCUT2D eigenvalue weighted by Crippen LogP contribution is -2.04. The second-order valence-corrected chi connectivity index (χ2v) is 2.87. The van der Waals surface area contributed by atoms with Crippen molar-refractivity contribution in [1.82, 2.24) is 0 Å². The van der Waals surface area contributed by atoms with Gasteiger partial charge in [-0.2, -0.15) is 0 Å². The van der Waals surface area contributed by atoms with Crippen LogP contribution < -0.4 is 0 Å². The van der Waals surface area contributed by atoms with Gasteiger partial charge in [-0.15, -0.1) is 0 Å². The molecular formula is C9H9NO5. The molecule has 0 atom stereocenters. The first-order chi connectivity index (χ1) is 7.02. The van der Waals surface area contributed by atoms with Crippen molar-refractivity contribution in [3.8, 4) is 5.75 Å². The van der Waals surface area contributed by atoms with Crippen LogP contribution in [0.5, 0.6) is 5.75 Å². The molecule has 1 aromatic rings. The lowest BCUT2D eigenvalue weighted by molar-refractivity contribution is -0.385. The van der Waals surface area contributed by atoms with Gasteiger partial charge in [-0.05, 0) is 11.6 Å². The fourth-order valence-corrected chi connectivity index (χ4v) is 1.10. The number of methoxy groups -OCH3 is 1. The number of carbonyl (C=O) groups is 1. The van der Waals surface area contributed by atoms with Crippen molar-refractivity contribution in [2.24, 2.45) is 0 Å². The van der Waals surface area contributed by atoms with E-state index in [0.717, 1.165) is 6.07 Å². The number of hydrogen-bond acceptors (Lipinski definition) is 5. The van der Waals surface area contributed by atoms with Gasteiger partial charge in [0.25, 0.3) is 5.69 Å². The van der Waals surface area contributed by atoms with Gasteiger partial charge in [0.05, 0.1) is 24.5 Å². The fourth-order valence-electron chi connectivity index (χ4n) is 1.10. The van der Waals surface area contributed by atoms with E-state index in [2.05, 4.69) is 4.74 Å². The SMILES string of the molecule is COC(=O)Cc1cc(O)cc([N+](=O)[O-])c1. The van der Waals surface area contributed by atoms with Crippen molar-refractivity contribution in [1.29, 1.82) is 0 Å². The van der Waals surface area contributed by atoms with Crippen LogP contribution in [0, 0.1) is 10.1 Å². The summed E-state index contributed by atoms with van der Waals surface area (Å²) in [4.78, 5) is 20.7. The Hall–Kier alpha value is -2.11. The fraction of sp³-hybridized carbons (Fsp3) is 0.222. The predicted octanol–water partition coefficient (Wildman–Crippen LogP) is 1.02. The van der Waals surface area contributed by atoms with Crippen molar-refractivity contribution >= 4 is 11.7 Å². The topological polar surface area (TPSA) is 89.7 Å². The number of non-ortho nitro benzene ring substituents is 1. The summed E-state index contributed by atoms with van der Waals surface area (Å²) in [6.07, 6.45) is -0.105. The summed E-state index contributed by atoms with van der Waals surface area (Å²) in [5.74, 6) is -0.766. The monoisotopic (exact) mass is 211 g/mol. The molecule has 0 spiro atoms. The molecule has 6 nitrogen and oxygen atoms in total. The second kappa shape index (κ2) is 4.41. The van der Waals surface area contributed by atoms with Crippen LogP contribution >= 0.6 is 0 Å². The number of phenols is 1. The normalized spacial score (nSPS) is 9.67. The Bertz CT molecular complexity index is 401. The van der Waals surface area contributed by atoms with E-state index in [1.807, 2.05) is 0 Å². The number of carbonyl (C=O) groups excluding carboxylic acids is 1. The maximum absolute atomic E-state index is 10.9. The number of aromatic hydroxyl groups is 1. The maximum atomic E-state index is 10.9. The van der Waals surface area contributed by atoms with E-state index in [1.165, 1.54) is 19.2 Å². The zero-order chi connectivity index (χ0) is 11.4. The van der Waals surface area contributed by atoms with Crippen molar-refractivity contribution in [2.45, 2.75) is 6.42 Å². The number of phenolic OH excluding ortho intramolecular Hbond substituents is 1. The van der Waals surface area contributed by atoms with Crippen LogP contribution in [0.25, 0.3) is 0 Å². The Morgan fingerprint density at radius 2 is 2.20 bits per heavy atom. The number of benzene rings is 1. The highest BCUT2D eigenvalue weighted by Gasteiger charge is 2.11. The number of rotatable bonds is 3. The molecule has 80 valence electrons. The molecule has 0 fully saturated rings. The number of nitrogens with zero attached hydrogens (tertiary/aromatic N) is 1. The standard InChI is InChI=1S/C9H9NO5/c1-15-9(12)4-6-2-7(10(13)14)5-8(11)3-6/h2-3,5,11H,4H2,1H3. The molecule has 15 heavy (non-hydrogen) atoms. The van der Waals surface area contributed by atoms with Crippen LogP contribution in [0.15, 0.2) is 18.2 Å². The minimum Gasteiger partial charge on any atom is -0.508 e. The third kappa shape index (κ3) is 2.94. The van der Waals surface area contributed by atoms with Gasteiger partial charge >= 0.3 is 5.97 Å². The summed E-state index contributed by atoms with van der Waals surface area (Å²) < 4.78 is 4.40. The summed E-state index contributed by atoms with van der Waals surface area (Å²) in [5, 5.41) is 19.6. The number of esters is 1. The molecule has 0 unspecified atom stereocenters. The summed E-state index contributed by atoms with van der Waals surface area (Å²) >= 11 is 0. The first kappa shape index (κ1) is 11.0. The van der Waals surface area contributed by atoms with E-state index in [1.54, 1.807) is 0 Å². The third-order valence-electron chi connectivity index (χ3n) is 1.75. The summed E-state index contributed by atoms with van der Waals surface area (Å²) in [5.41, 5.74) is 0.0856. The van der Waals surface area contributed by atoms with Gasteiger partial charge < -0.3 is 9.84 Å². The molecule has 0 aliphatic heterocycles. The zero-order valence-electron chi connectivity index (χ0n) is 7.97. The number of hydrogen-bond donors (Lipinski definition) is 1. The molecule has 0 aromatic heterocycles. The molecule has 0 heterocycles. The Morgan fingerprint density at radius 3 is 2.73 bits per heavy atom. The van der Waals surface area contributed by atoms with Gasteiger partial charge in [0, 0.05) is 6.07 Å². The minimum atomic E-state index is -0.638. The van der Waals surface area contributed by atoms with Crippen molar-refractivity contribution in [2.75, 3.05) is 7.11 Å². The average molecular weight is 211 g/mol. The van der Waals surface area contributed by atoms with Gasteiger partial charge in [0.2, 0.25) is 0 Å². The zero-order valence-corrected chi connectivity index (χ0v) is 7.97. The molecule has 0 saturated heterocycles. The third-order valence-corrected chi connectivity index (χ3v) is 1.75. The molecule has 0 radical (unpaired) electrons. The first-order valence-corrected chi connectivity index (χ1v) is 4.07. The highest BCUT2D eigenvalue weighted by atomic mass is 16.6. The largest absolute Gasteiger partial charge is 0.508 e. The highest BCUT2D eigenvalue weighted by molar-refractivity contribution is 5.72.